The number of carbonyl (C=O) groups is 1. The number of aromatic amines is 1. The number of hydrogen-bond donors (Lipinski definition) is 2. The molecule has 1 aromatic carbocycles. The number of nitrogens with one attached hydrogen (secondary N) is 1. The van der Waals surface area contributed by atoms with Gasteiger partial charge in [0.1, 0.15) is 11.6 Å². The van der Waals surface area contributed by atoms with Crippen molar-refractivity contribution >= 4 is 5.97 Å². The lowest BCUT2D eigenvalue weighted by molar-refractivity contribution is 0.0690. The lowest BCUT2D eigenvalue weighted by Gasteiger charge is -2.09. The number of H-pyrrole nitrogens is 1. The molecule has 0 amide bonds. The molecule has 98 valence electrons. The molecular formula is C13H12N2O4. The van der Waals surface area contributed by atoms with Crippen LogP contribution >= 0.6 is 0 Å². The van der Waals surface area contributed by atoms with Crippen molar-refractivity contribution in [1.82, 2.24) is 9.97 Å². The van der Waals surface area contributed by atoms with Gasteiger partial charge in [-0.1, -0.05) is 12.1 Å². The summed E-state index contributed by atoms with van der Waals surface area (Å²) in [5, 5.41) is 8.91. The van der Waals surface area contributed by atoms with Crippen LogP contribution in [0, 0.1) is 0 Å². The van der Waals surface area contributed by atoms with E-state index in [2.05, 4.69) is 9.97 Å². The minimum atomic E-state index is -1.25. The highest BCUT2D eigenvalue weighted by Gasteiger charge is 2.12. The standard InChI is InChI=1S/C13H12N2O4/c1-2-19-10-6-4-3-5-8(10)12-14-9(13(17)18)7-11(16)15-12/h3-7H,2H2,1H3,(H,17,18)(H,14,15,16). The normalized spacial score (nSPS) is 10.2. The molecule has 0 atom stereocenters. The Balaban J connectivity index is 2.58. The quantitative estimate of drug-likeness (QED) is 0.869. The van der Waals surface area contributed by atoms with Crippen molar-refractivity contribution in [3.05, 3.63) is 46.4 Å². The lowest BCUT2D eigenvalue weighted by Crippen LogP contribution is -2.14. The number of carboxylic acid groups (broad SMARTS) is 1. The Hall–Kier alpha value is -2.63. The number of carboxylic acids is 1. The molecule has 0 saturated carbocycles. The molecule has 1 heterocycles. The van der Waals surface area contributed by atoms with E-state index in [1.807, 2.05) is 6.92 Å². The van der Waals surface area contributed by atoms with Crippen LogP contribution in [0.3, 0.4) is 0 Å². The number of ether oxygens (including phenoxy) is 1. The molecule has 0 bridgehead atoms. The van der Waals surface area contributed by atoms with Gasteiger partial charge in [-0.3, -0.25) is 4.79 Å². The number of aromatic carboxylic acids is 1. The molecule has 0 spiro atoms. The van der Waals surface area contributed by atoms with Crippen molar-refractivity contribution in [2.24, 2.45) is 0 Å². The number of hydrogen-bond acceptors (Lipinski definition) is 4. The molecular weight excluding hydrogens is 248 g/mol. The minimum Gasteiger partial charge on any atom is -0.493 e. The highest BCUT2D eigenvalue weighted by molar-refractivity contribution is 5.85. The van der Waals surface area contributed by atoms with E-state index in [1.54, 1.807) is 24.3 Å². The van der Waals surface area contributed by atoms with Gasteiger partial charge in [0, 0.05) is 6.07 Å². The second-order valence-corrected chi connectivity index (χ2v) is 3.71. The van der Waals surface area contributed by atoms with Crippen LogP contribution in [0.5, 0.6) is 5.75 Å². The molecule has 0 aliphatic rings. The molecule has 6 nitrogen and oxygen atoms in total. The number of benzene rings is 1. The summed E-state index contributed by atoms with van der Waals surface area (Å²) in [6.45, 7) is 2.29. The zero-order valence-corrected chi connectivity index (χ0v) is 10.2. The number of para-hydroxylation sites is 1. The van der Waals surface area contributed by atoms with Gasteiger partial charge in [-0.2, -0.15) is 0 Å². The lowest BCUT2D eigenvalue weighted by atomic mass is 10.2. The molecule has 0 aliphatic heterocycles. The van der Waals surface area contributed by atoms with Gasteiger partial charge < -0.3 is 14.8 Å². The van der Waals surface area contributed by atoms with E-state index in [-0.39, 0.29) is 11.5 Å². The Morgan fingerprint density at radius 3 is 2.84 bits per heavy atom. The van der Waals surface area contributed by atoms with Crippen LogP contribution in [0.2, 0.25) is 0 Å². The van der Waals surface area contributed by atoms with E-state index >= 15 is 0 Å². The number of aromatic nitrogens is 2. The van der Waals surface area contributed by atoms with Crippen molar-refractivity contribution in [3.8, 4) is 17.1 Å². The summed E-state index contributed by atoms with van der Waals surface area (Å²) < 4.78 is 5.42. The van der Waals surface area contributed by atoms with Crippen LogP contribution in [0.15, 0.2) is 35.1 Å². The highest BCUT2D eigenvalue weighted by Crippen LogP contribution is 2.26. The van der Waals surface area contributed by atoms with Gasteiger partial charge >= 0.3 is 5.97 Å². The molecule has 2 rings (SSSR count). The molecule has 2 N–H and O–H groups in total. The van der Waals surface area contributed by atoms with Crippen LogP contribution in [0.4, 0.5) is 0 Å². The average Bonchev–Trinajstić information content (AvgIpc) is 2.39. The Labute approximate surface area is 108 Å². The first kappa shape index (κ1) is 12.8. The molecule has 0 fully saturated rings. The fourth-order valence-corrected chi connectivity index (χ4v) is 1.64. The van der Waals surface area contributed by atoms with Crippen molar-refractivity contribution < 1.29 is 14.6 Å². The van der Waals surface area contributed by atoms with Gasteiger partial charge in [-0.05, 0) is 19.1 Å². The van der Waals surface area contributed by atoms with E-state index in [0.717, 1.165) is 6.07 Å². The zero-order chi connectivity index (χ0) is 13.8. The summed E-state index contributed by atoms with van der Waals surface area (Å²) >= 11 is 0. The first-order valence-corrected chi connectivity index (χ1v) is 5.68. The van der Waals surface area contributed by atoms with Crippen LogP contribution < -0.4 is 10.3 Å². The third-order valence-corrected chi connectivity index (χ3v) is 2.40. The molecule has 0 saturated heterocycles. The molecule has 0 aliphatic carbocycles. The van der Waals surface area contributed by atoms with Gasteiger partial charge in [-0.15, -0.1) is 0 Å². The second kappa shape index (κ2) is 5.34. The van der Waals surface area contributed by atoms with Gasteiger partial charge in [0.05, 0.1) is 12.2 Å². The van der Waals surface area contributed by atoms with Gasteiger partial charge in [0.25, 0.3) is 5.56 Å². The van der Waals surface area contributed by atoms with Crippen LogP contribution in [0.1, 0.15) is 17.4 Å². The van der Waals surface area contributed by atoms with Crippen molar-refractivity contribution in [2.45, 2.75) is 6.92 Å². The predicted octanol–water partition coefficient (Wildman–Crippen LogP) is 1.53. The van der Waals surface area contributed by atoms with E-state index in [9.17, 15) is 9.59 Å². The maximum atomic E-state index is 11.5. The Morgan fingerprint density at radius 2 is 2.16 bits per heavy atom. The van der Waals surface area contributed by atoms with Crippen LogP contribution in [-0.2, 0) is 0 Å². The molecule has 6 heteroatoms. The largest absolute Gasteiger partial charge is 0.493 e. The van der Waals surface area contributed by atoms with Gasteiger partial charge in [0.2, 0.25) is 0 Å². The summed E-state index contributed by atoms with van der Waals surface area (Å²) in [6.07, 6.45) is 0. The number of rotatable bonds is 4. The Morgan fingerprint density at radius 1 is 1.42 bits per heavy atom. The smallest absolute Gasteiger partial charge is 0.354 e. The summed E-state index contributed by atoms with van der Waals surface area (Å²) in [5.74, 6) is -0.536. The maximum Gasteiger partial charge on any atom is 0.354 e. The van der Waals surface area contributed by atoms with E-state index in [4.69, 9.17) is 9.84 Å². The minimum absolute atomic E-state index is 0.175. The van der Waals surface area contributed by atoms with E-state index < -0.39 is 11.5 Å². The van der Waals surface area contributed by atoms with Crippen LogP contribution in [-0.4, -0.2) is 27.7 Å². The predicted molar refractivity (Wildman–Crippen MR) is 68.4 cm³/mol. The molecule has 2 aromatic rings. The van der Waals surface area contributed by atoms with Crippen molar-refractivity contribution in [3.63, 3.8) is 0 Å². The monoisotopic (exact) mass is 260 g/mol. The molecule has 0 radical (unpaired) electrons. The third-order valence-electron chi connectivity index (χ3n) is 2.40. The van der Waals surface area contributed by atoms with Crippen molar-refractivity contribution in [2.75, 3.05) is 6.61 Å². The number of nitrogens with zero attached hydrogens (tertiary/aromatic N) is 1. The SMILES string of the molecule is CCOc1ccccc1-c1nc(C(=O)O)cc(=O)[nH]1. The van der Waals surface area contributed by atoms with Gasteiger partial charge in [-0.25, -0.2) is 9.78 Å². The fraction of sp³-hybridized carbons (Fsp3) is 0.154. The summed E-state index contributed by atoms with van der Waals surface area (Å²) in [4.78, 5) is 28.8. The van der Waals surface area contributed by atoms with Gasteiger partial charge in [0.15, 0.2) is 5.69 Å². The Bertz CT molecular complexity index is 664. The summed E-state index contributed by atoms with van der Waals surface area (Å²) in [5.41, 5.74) is -0.275. The highest BCUT2D eigenvalue weighted by atomic mass is 16.5. The average molecular weight is 260 g/mol. The van der Waals surface area contributed by atoms with Crippen LogP contribution in [0.25, 0.3) is 11.4 Å². The van der Waals surface area contributed by atoms with E-state index in [1.165, 1.54) is 0 Å². The topological polar surface area (TPSA) is 92.3 Å². The van der Waals surface area contributed by atoms with Crippen molar-refractivity contribution in [1.29, 1.82) is 0 Å². The third kappa shape index (κ3) is 2.79. The second-order valence-electron chi connectivity index (χ2n) is 3.71. The maximum absolute atomic E-state index is 11.5. The molecule has 0 unspecified atom stereocenters. The zero-order valence-electron chi connectivity index (χ0n) is 10.2. The first-order valence-electron chi connectivity index (χ1n) is 5.68. The fourth-order valence-electron chi connectivity index (χ4n) is 1.64. The summed E-state index contributed by atoms with van der Waals surface area (Å²) in [6, 6.07) is 7.91. The Kier molecular flexibility index (Phi) is 3.61. The molecule has 19 heavy (non-hydrogen) atoms. The van der Waals surface area contributed by atoms with E-state index in [0.29, 0.717) is 17.9 Å². The summed E-state index contributed by atoms with van der Waals surface area (Å²) in [7, 11) is 0. The molecule has 1 aromatic heterocycles. The first-order chi connectivity index (χ1) is 9.11.